The number of nitrogens with one attached hydrogen (secondary N) is 1. The number of hydrogen-bond donors (Lipinski definition) is 1. The van der Waals surface area contributed by atoms with Gasteiger partial charge in [-0.15, -0.1) is 0 Å². The quantitative estimate of drug-likeness (QED) is 0.875. The first-order valence-electron chi connectivity index (χ1n) is 6.77. The molecule has 2 aliphatic heterocycles. The van der Waals surface area contributed by atoms with Crippen molar-refractivity contribution >= 4 is 11.7 Å². The Bertz CT molecular complexity index is 715. The SMILES string of the molecule is CN1C(=O)NC(c2ccccc2)c2cc3c(cc21)OCO3. The van der Waals surface area contributed by atoms with Crippen molar-refractivity contribution in [3.63, 3.8) is 0 Å². The van der Waals surface area contributed by atoms with E-state index in [1.54, 1.807) is 11.9 Å². The molecule has 0 fully saturated rings. The van der Waals surface area contributed by atoms with Gasteiger partial charge < -0.3 is 14.8 Å². The number of anilines is 1. The Labute approximate surface area is 122 Å². The van der Waals surface area contributed by atoms with Gasteiger partial charge in [0.25, 0.3) is 0 Å². The summed E-state index contributed by atoms with van der Waals surface area (Å²) in [5, 5.41) is 3.02. The molecule has 0 saturated carbocycles. The van der Waals surface area contributed by atoms with E-state index in [0.29, 0.717) is 5.75 Å². The fraction of sp³-hybridized carbons (Fsp3) is 0.188. The molecule has 5 heteroatoms. The van der Waals surface area contributed by atoms with Crippen LogP contribution in [0.15, 0.2) is 42.5 Å². The molecule has 2 aliphatic rings. The van der Waals surface area contributed by atoms with E-state index < -0.39 is 0 Å². The molecular formula is C16H14N2O3. The number of hydrogen-bond acceptors (Lipinski definition) is 3. The normalized spacial score (nSPS) is 19.2. The standard InChI is InChI=1S/C16H14N2O3/c1-18-12-8-14-13(20-9-21-14)7-11(12)15(17-16(18)19)10-5-3-2-4-6-10/h2-8,15H,9H2,1H3,(H,17,19). The predicted octanol–water partition coefficient (Wildman–Crippen LogP) is 2.66. The van der Waals surface area contributed by atoms with Crippen molar-refractivity contribution in [3.8, 4) is 11.5 Å². The molecule has 106 valence electrons. The van der Waals surface area contributed by atoms with Gasteiger partial charge >= 0.3 is 6.03 Å². The lowest BCUT2D eigenvalue weighted by molar-refractivity contribution is 0.174. The molecule has 2 amide bonds. The van der Waals surface area contributed by atoms with Gasteiger partial charge in [-0.1, -0.05) is 30.3 Å². The molecule has 0 bridgehead atoms. The number of ether oxygens (including phenoxy) is 2. The highest BCUT2D eigenvalue weighted by atomic mass is 16.7. The number of carbonyl (C=O) groups excluding carboxylic acids is 1. The van der Waals surface area contributed by atoms with Crippen LogP contribution in [0, 0.1) is 0 Å². The number of nitrogens with zero attached hydrogens (tertiary/aromatic N) is 1. The van der Waals surface area contributed by atoms with Gasteiger partial charge in [0.1, 0.15) is 0 Å². The summed E-state index contributed by atoms with van der Waals surface area (Å²) in [6.07, 6.45) is 0. The first kappa shape index (κ1) is 12.1. The van der Waals surface area contributed by atoms with Crippen molar-refractivity contribution in [3.05, 3.63) is 53.6 Å². The Kier molecular flexibility index (Phi) is 2.54. The molecule has 2 aromatic rings. The molecule has 1 atom stereocenters. The molecule has 5 nitrogen and oxygen atoms in total. The lowest BCUT2D eigenvalue weighted by atomic mass is 9.94. The summed E-state index contributed by atoms with van der Waals surface area (Å²) in [5.41, 5.74) is 2.89. The van der Waals surface area contributed by atoms with Crippen LogP contribution in [0.1, 0.15) is 17.2 Å². The fourth-order valence-corrected chi connectivity index (χ4v) is 2.78. The Morgan fingerprint density at radius 3 is 2.62 bits per heavy atom. The topological polar surface area (TPSA) is 50.8 Å². The number of urea groups is 1. The molecule has 2 aromatic carbocycles. The Morgan fingerprint density at radius 2 is 1.86 bits per heavy atom. The van der Waals surface area contributed by atoms with E-state index in [-0.39, 0.29) is 18.9 Å². The molecular weight excluding hydrogens is 268 g/mol. The van der Waals surface area contributed by atoms with Gasteiger partial charge in [0.2, 0.25) is 6.79 Å². The lowest BCUT2D eigenvalue weighted by Gasteiger charge is -2.33. The highest BCUT2D eigenvalue weighted by Gasteiger charge is 2.32. The fourth-order valence-electron chi connectivity index (χ4n) is 2.78. The van der Waals surface area contributed by atoms with Crippen LogP contribution >= 0.6 is 0 Å². The third-order valence-corrected chi connectivity index (χ3v) is 3.90. The average Bonchev–Trinajstić information content (AvgIpc) is 2.97. The molecule has 1 unspecified atom stereocenters. The summed E-state index contributed by atoms with van der Waals surface area (Å²) in [4.78, 5) is 13.8. The van der Waals surface area contributed by atoms with Crippen LogP contribution in [-0.4, -0.2) is 19.9 Å². The van der Waals surface area contributed by atoms with Crippen LogP contribution in [0.5, 0.6) is 11.5 Å². The summed E-state index contributed by atoms with van der Waals surface area (Å²) in [6.45, 7) is 0.222. The van der Waals surface area contributed by atoms with Crippen molar-refractivity contribution < 1.29 is 14.3 Å². The summed E-state index contributed by atoms with van der Waals surface area (Å²) < 4.78 is 10.9. The number of rotatable bonds is 1. The highest BCUT2D eigenvalue weighted by Crippen LogP contribution is 2.43. The molecule has 21 heavy (non-hydrogen) atoms. The minimum absolute atomic E-state index is 0.129. The van der Waals surface area contributed by atoms with Gasteiger partial charge in [0.05, 0.1) is 11.7 Å². The minimum atomic E-state index is -0.181. The van der Waals surface area contributed by atoms with Gasteiger partial charge in [-0.25, -0.2) is 4.79 Å². The maximum absolute atomic E-state index is 12.2. The van der Waals surface area contributed by atoms with E-state index in [1.807, 2.05) is 42.5 Å². The second kappa shape index (κ2) is 4.41. The van der Waals surface area contributed by atoms with Crippen LogP contribution in [0.4, 0.5) is 10.5 Å². The Morgan fingerprint density at radius 1 is 1.14 bits per heavy atom. The first-order chi connectivity index (χ1) is 10.2. The first-order valence-corrected chi connectivity index (χ1v) is 6.77. The number of benzene rings is 2. The van der Waals surface area contributed by atoms with Gasteiger partial charge in [0, 0.05) is 18.7 Å². The van der Waals surface area contributed by atoms with E-state index in [0.717, 1.165) is 22.6 Å². The molecule has 0 saturated heterocycles. The van der Waals surface area contributed by atoms with Crippen LogP contribution < -0.4 is 19.7 Å². The number of amides is 2. The van der Waals surface area contributed by atoms with Crippen molar-refractivity contribution in [2.45, 2.75) is 6.04 Å². The van der Waals surface area contributed by atoms with Crippen molar-refractivity contribution in [1.29, 1.82) is 0 Å². The van der Waals surface area contributed by atoms with Crippen LogP contribution in [-0.2, 0) is 0 Å². The monoisotopic (exact) mass is 282 g/mol. The van der Waals surface area contributed by atoms with Gasteiger partial charge in [-0.05, 0) is 11.6 Å². The minimum Gasteiger partial charge on any atom is -0.454 e. The third kappa shape index (κ3) is 1.81. The highest BCUT2D eigenvalue weighted by molar-refractivity contribution is 5.96. The smallest absolute Gasteiger partial charge is 0.322 e. The zero-order chi connectivity index (χ0) is 14.4. The van der Waals surface area contributed by atoms with E-state index in [2.05, 4.69) is 5.32 Å². The molecule has 4 rings (SSSR count). The number of carbonyl (C=O) groups is 1. The van der Waals surface area contributed by atoms with Crippen molar-refractivity contribution in [2.75, 3.05) is 18.7 Å². The second-order valence-corrected chi connectivity index (χ2v) is 5.12. The maximum atomic E-state index is 12.2. The van der Waals surface area contributed by atoms with E-state index in [1.165, 1.54) is 0 Å². The predicted molar refractivity (Wildman–Crippen MR) is 77.8 cm³/mol. The molecule has 2 heterocycles. The summed E-state index contributed by atoms with van der Waals surface area (Å²) in [5.74, 6) is 1.40. The number of fused-ring (bicyclic) bond motifs is 2. The molecule has 0 aliphatic carbocycles. The zero-order valence-corrected chi connectivity index (χ0v) is 11.5. The second-order valence-electron chi connectivity index (χ2n) is 5.12. The van der Waals surface area contributed by atoms with Crippen molar-refractivity contribution in [2.24, 2.45) is 0 Å². The summed E-state index contributed by atoms with van der Waals surface area (Å²) in [6, 6.07) is 13.4. The van der Waals surface area contributed by atoms with E-state index in [9.17, 15) is 4.79 Å². The van der Waals surface area contributed by atoms with Gasteiger partial charge in [0.15, 0.2) is 11.5 Å². The Hall–Kier alpha value is -2.69. The van der Waals surface area contributed by atoms with Gasteiger partial charge in [-0.3, -0.25) is 4.90 Å². The zero-order valence-electron chi connectivity index (χ0n) is 11.5. The maximum Gasteiger partial charge on any atom is 0.322 e. The van der Waals surface area contributed by atoms with Gasteiger partial charge in [-0.2, -0.15) is 0 Å². The molecule has 0 aromatic heterocycles. The molecule has 0 spiro atoms. The van der Waals surface area contributed by atoms with E-state index in [4.69, 9.17) is 9.47 Å². The third-order valence-electron chi connectivity index (χ3n) is 3.90. The van der Waals surface area contributed by atoms with E-state index >= 15 is 0 Å². The molecule has 0 radical (unpaired) electrons. The average molecular weight is 282 g/mol. The van der Waals surface area contributed by atoms with Crippen molar-refractivity contribution in [1.82, 2.24) is 5.32 Å². The van der Waals surface area contributed by atoms with Crippen LogP contribution in [0.2, 0.25) is 0 Å². The van der Waals surface area contributed by atoms with Crippen LogP contribution in [0.25, 0.3) is 0 Å². The summed E-state index contributed by atoms with van der Waals surface area (Å²) in [7, 11) is 1.75. The largest absolute Gasteiger partial charge is 0.454 e. The molecule has 1 N–H and O–H groups in total. The Balaban J connectivity index is 1.89. The summed E-state index contributed by atoms with van der Waals surface area (Å²) >= 11 is 0. The van der Waals surface area contributed by atoms with Crippen LogP contribution in [0.3, 0.4) is 0 Å². The lowest BCUT2D eigenvalue weighted by Crippen LogP contribution is -2.44.